The van der Waals surface area contributed by atoms with Gasteiger partial charge in [-0.3, -0.25) is 4.68 Å². The normalized spacial score (nSPS) is 10.6. The van der Waals surface area contributed by atoms with Crippen LogP contribution in [0.3, 0.4) is 0 Å². The van der Waals surface area contributed by atoms with E-state index in [9.17, 15) is 0 Å². The van der Waals surface area contributed by atoms with E-state index in [-0.39, 0.29) is 0 Å². The fourth-order valence-electron chi connectivity index (χ4n) is 1.25. The van der Waals surface area contributed by atoms with Crippen LogP contribution in [0.15, 0.2) is 12.5 Å². The minimum atomic E-state index is 0.600. The summed E-state index contributed by atoms with van der Waals surface area (Å²) in [6, 6.07) is 0. The van der Waals surface area contributed by atoms with Crippen LogP contribution in [0, 0.1) is 0 Å². The molecule has 0 fully saturated rings. The predicted octanol–water partition coefficient (Wildman–Crippen LogP) is 0.927. The molecule has 0 saturated carbocycles. The molecule has 0 amide bonds. The molecular formula is C8H11N5S. The first-order valence-corrected chi connectivity index (χ1v) is 5.18. The maximum Gasteiger partial charge on any atom is 0.180 e. The van der Waals surface area contributed by atoms with E-state index in [1.54, 1.807) is 12.5 Å². The molecule has 0 atom stereocenters. The second-order valence-corrected chi connectivity index (χ2v) is 3.98. The summed E-state index contributed by atoms with van der Waals surface area (Å²) < 4.78 is 1.87. The van der Waals surface area contributed by atoms with Crippen molar-refractivity contribution in [3.63, 3.8) is 0 Å². The molecule has 0 aliphatic rings. The largest absolute Gasteiger partial charge is 0.375 e. The van der Waals surface area contributed by atoms with Gasteiger partial charge in [-0.1, -0.05) is 0 Å². The van der Waals surface area contributed by atoms with E-state index in [2.05, 4.69) is 15.1 Å². The third-order valence-corrected chi connectivity index (χ3v) is 2.73. The highest BCUT2D eigenvalue weighted by molar-refractivity contribution is 7.15. The number of nitrogen functional groups attached to an aromatic ring is 1. The van der Waals surface area contributed by atoms with Crippen LogP contribution in [-0.4, -0.2) is 19.7 Å². The van der Waals surface area contributed by atoms with Crippen LogP contribution in [0.25, 0.3) is 0 Å². The number of aromatic nitrogens is 4. The van der Waals surface area contributed by atoms with E-state index >= 15 is 0 Å². The third-order valence-electron chi connectivity index (χ3n) is 1.90. The van der Waals surface area contributed by atoms with Crippen LogP contribution in [-0.2, 0) is 13.0 Å². The van der Waals surface area contributed by atoms with Crippen LogP contribution in [0.5, 0.6) is 0 Å². The fraction of sp³-hybridized carbons (Fsp3) is 0.375. The molecule has 0 spiro atoms. The molecule has 0 aromatic carbocycles. The molecule has 5 nitrogen and oxygen atoms in total. The van der Waals surface area contributed by atoms with Crippen LogP contribution >= 0.6 is 11.3 Å². The first-order chi connectivity index (χ1) is 6.79. The molecule has 2 rings (SSSR count). The number of anilines is 1. The van der Waals surface area contributed by atoms with E-state index in [0.29, 0.717) is 5.13 Å². The van der Waals surface area contributed by atoms with E-state index in [1.165, 1.54) is 11.3 Å². The number of hydrogen-bond acceptors (Lipinski definition) is 5. The van der Waals surface area contributed by atoms with Crippen molar-refractivity contribution in [2.75, 3.05) is 5.73 Å². The Balaban J connectivity index is 2.18. The zero-order valence-electron chi connectivity index (χ0n) is 7.84. The summed E-state index contributed by atoms with van der Waals surface area (Å²) in [5.74, 6) is 0.955. The number of thiazole rings is 1. The monoisotopic (exact) mass is 209 g/mol. The van der Waals surface area contributed by atoms with Crippen LogP contribution in [0.4, 0.5) is 5.13 Å². The van der Waals surface area contributed by atoms with Gasteiger partial charge in [-0.25, -0.2) is 9.97 Å². The number of nitrogens with two attached hydrogens (primary N) is 1. The summed E-state index contributed by atoms with van der Waals surface area (Å²) >= 11 is 1.49. The van der Waals surface area contributed by atoms with E-state index in [0.717, 1.165) is 23.7 Å². The molecule has 2 heterocycles. The fourth-order valence-corrected chi connectivity index (χ4v) is 1.93. The van der Waals surface area contributed by atoms with Gasteiger partial charge in [0.1, 0.15) is 12.2 Å². The van der Waals surface area contributed by atoms with Gasteiger partial charge in [0.2, 0.25) is 0 Å². The second kappa shape index (κ2) is 3.75. The zero-order valence-corrected chi connectivity index (χ0v) is 8.66. The lowest BCUT2D eigenvalue weighted by Crippen LogP contribution is -2.03. The zero-order chi connectivity index (χ0) is 9.97. The van der Waals surface area contributed by atoms with Gasteiger partial charge in [0.05, 0.1) is 0 Å². The Kier molecular flexibility index (Phi) is 2.45. The van der Waals surface area contributed by atoms with Gasteiger partial charge in [0.15, 0.2) is 5.13 Å². The summed E-state index contributed by atoms with van der Waals surface area (Å²) in [4.78, 5) is 9.29. The minimum absolute atomic E-state index is 0.600. The van der Waals surface area contributed by atoms with Crippen molar-refractivity contribution in [2.24, 2.45) is 0 Å². The summed E-state index contributed by atoms with van der Waals surface area (Å²) in [7, 11) is 0. The first kappa shape index (κ1) is 9.14. The van der Waals surface area contributed by atoms with Crippen molar-refractivity contribution < 1.29 is 0 Å². The molecule has 0 aliphatic heterocycles. The highest BCUT2D eigenvalue weighted by atomic mass is 32.1. The Morgan fingerprint density at radius 3 is 3.00 bits per heavy atom. The molecule has 14 heavy (non-hydrogen) atoms. The highest BCUT2D eigenvalue weighted by Crippen LogP contribution is 2.17. The Labute approximate surface area is 85.6 Å². The first-order valence-electron chi connectivity index (χ1n) is 4.36. The van der Waals surface area contributed by atoms with Crippen molar-refractivity contribution in [2.45, 2.75) is 19.9 Å². The molecule has 0 bridgehead atoms. The molecule has 0 saturated heterocycles. The maximum absolute atomic E-state index is 5.54. The lowest BCUT2D eigenvalue weighted by molar-refractivity contribution is 0.625. The molecule has 0 unspecified atom stereocenters. The van der Waals surface area contributed by atoms with Gasteiger partial charge in [-0.15, -0.1) is 11.3 Å². The predicted molar refractivity (Wildman–Crippen MR) is 55.0 cm³/mol. The van der Waals surface area contributed by atoms with Crippen molar-refractivity contribution in [3.05, 3.63) is 23.2 Å². The lowest BCUT2D eigenvalue weighted by atomic mass is 10.3. The Morgan fingerprint density at radius 2 is 2.36 bits per heavy atom. The van der Waals surface area contributed by atoms with Crippen molar-refractivity contribution >= 4 is 16.5 Å². The topological polar surface area (TPSA) is 69.6 Å². The molecule has 2 N–H and O–H groups in total. The van der Waals surface area contributed by atoms with Gasteiger partial charge >= 0.3 is 0 Å². The Morgan fingerprint density at radius 1 is 1.50 bits per heavy atom. The van der Waals surface area contributed by atoms with Gasteiger partial charge in [0, 0.05) is 24.0 Å². The van der Waals surface area contributed by atoms with Gasteiger partial charge in [0.25, 0.3) is 0 Å². The summed E-state index contributed by atoms with van der Waals surface area (Å²) in [5, 5.41) is 4.70. The van der Waals surface area contributed by atoms with Gasteiger partial charge in [-0.2, -0.15) is 5.10 Å². The van der Waals surface area contributed by atoms with E-state index in [1.807, 2.05) is 11.6 Å². The number of nitrogens with zero attached hydrogens (tertiary/aromatic N) is 4. The quantitative estimate of drug-likeness (QED) is 0.816. The highest BCUT2D eigenvalue weighted by Gasteiger charge is 2.06. The Hall–Kier alpha value is -1.43. The van der Waals surface area contributed by atoms with Crippen LogP contribution in [0.1, 0.15) is 17.6 Å². The van der Waals surface area contributed by atoms with E-state index in [4.69, 9.17) is 5.73 Å². The molecule has 2 aromatic heterocycles. The molecule has 2 aromatic rings. The van der Waals surface area contributed by atoms with E-state index < -0.39 is 0 Å². The number of hydrogen-bond donors (Lipinski definition) is 1. The van der Waals surface area contributed by atoms with Gasteiger partial charge < -0.3 is 5.73 Å². The van der Waals surface area contributed by atoms with Crippen LogP contribution in [0.2, 0.25) is 0 Å². The van der Waals surface area contributed by atoms with Gasteiger partial charge in [-0.05, 0) is 6.92 Å². The standard InChI is InChI=1S/C8H11N5S/c1-2-13-7(11-5-12-13)3-6-4-10-8(9)14-6/h4-5H,2-3H2,1H3,(H2,9,10). The summed E-state index contributed by atoms with van der Waals surface area (Å²) in [6.07, 6.45) is 4.11. The smallest absolute Gasteiger partial charge is 0.180 e. The van der Waals surface area contributed by atoms with Crippen molar-refractivity contribution in [1.29, 1.82) is 0 Å². The molecule has 0 radical (unpaired) electrons. The second-order valence-electron chi connectivity index (χ2n) is 2.83. The van der Waals surface area contributed by atoms with Crippen molar-refractivity contribution in [1.82, 2.24) is 19.7 Å². The number of aryl methyl sites for hydroxylation is 1. The summed E-state index contributed by atoms with van der Waals surface area (Å²) in [5.41, 5.74) is 5.54. The maximum atomic E-state index is 5.54. The average molecular weight is 209 g/mol. The average Bonchev–Trinajstić information content (AvgIpc) is 2.76. The minimum Gasteiger partial charge on any atom is -0.375 e. The molecular weight excluding hydrogens is 198 g/mol. The molecule has 0 aliphatic carbocycles. The number of rotatable bonds is 3. The SMILES string of the molecule is CCn1ncnc1Cc1cnc(N)s1. The Bertz CT molecular complexity index is 419. The molecule has 74 valence electrons. The lowest BCUT2D eigenvalue weighted by Gasteiger charge is -1.99. The summed E-state index contributed by atoms with van der Waals surface area (Å²) in [6.45, 7) is 2.88. The molecule has 6 heteroatoms. The van der Waals surface area contributed by atoms with Crippen LogP contribution < -0.4 is 5.73 Å². The third kappa shape index (κ3) is 1.74. The van der Waals surface area contributed by atoms with Crippen molar-refractivity contribution in [3.8, 4) is 0 Å².